The Balaban J connectivity index is 1.54. The molecule has 5 heteroatoms. The Labute approximate surface area is 217 Å². The van der Waals surface area contributed by atoms with Gasteiger partial charge in [0.25, 0.3) is 0 Å². The van der Waals surface area contributed by atoms with Gasteiger partial charge in [0.15, 0.2) is 0 Å². The molecule has 1 aromatic heterocycles. The number of carboxylic acid groups (broad SMARTS) is 1. The normalized spacial score (nSPS) is 11.3. The molecule has 1 heterocycles. The second-order valence-corrected chi connectivity index (χ2v) is 8.85. The molecule has 0 atom stereocenters. The molecule has 37 heavy (non-hydrogen) atoms. The lowest BCUT2D eigenvalue weighted by atomic mass is 9.88. The molecule has 4 rings (SSSR count). The first kappa shape index (κ1) is 25.6. The van der Waals surface area contributed by atoms with Gasteiger partial charge in [-0.05, 0) is 53.3 Å². The predicted molar refractivity (Wildman–Crippen MR) is 147 cm³/mol. The number of nitrogens with one attached hydrogen (secondary N) is 1. The Bertz CT molecular complexity index is 1300. The van der Waals surface area contributed by atoms with Gasteiger partial charge in [0.1, 0.15) is 0 Å². The summed E-state index contributed by atoms with van der Waals surface area (Å²) in [7, 11) is 0. The van der Waals surface area contributed by atoms with Gasteiger partial charge < -0.3 is 10.4 Å². The molecular weight excluding hydrogens is 460 g/mol. The molecule has 0 radical (unpaired) electrons. The summed E-state index contributed by atoms with van der Waals surface area (Å²) in [5, 5.41) is 12.1. The smallest absolute Gasteiger partial charge is 0.303 e. The topological polar surface area (TPSA) is 79.3 Å². The summed E-state index contributed by atoms with van der Waals surface area (Å²) in [5.74, 6) is -0.917. The maximum atomic E-state index is 13.2. The number of benzene rings is 3. The molecule has 4 aromatic rings. The zero-order valence-corrected chi connectivity index (χ0v) is 20.6. The summed E-state index contributed by atoms with van der Waals surface area (Å²) in [4.78, 5) is 28.4. The Morgan fingerprint density at radius 2 is 1.51 bits per heavy atom. The van der Waals surface area contributed by atoms with Crippen LogP contribution in [0.1, 0.15) is 53.9 Å². The van der Waals surface area contributed by atoms with E-state index in [2.05, 4.69) is 34.6 Å². The number of aromatic nitrogens is 1. The molecular formula is C32H30N2O3. The molecule has 0 spiro atoms. The van der Waals surface area contributed by atoms with Crippen molar-refractivity contribution in [3.8, 4) is 0 Å². The first-order valence-electron chi connectivity index (χ1n) is 12.4. The molecule has 1 amide bonds. The zero-order valence-electron chi connectivity index (χ0n) is 20.6. The van der Waals surface area contributed by atoms with Crippen LogP contribution in [0, 0.1) is 0 Å². The van der Waals surface area contributed by atoms with Gasteiger partial charge in [0, 0.05) is 42.4 Å². The van der Waals surface area contributed by atoms with E-state index in [9.17, 15) is 9.59 Å². The minimum Gasteiger partial charge on any atom is -0.481 e. The van der Waals surface area contributed by atoms with Crippen molar-refractivity contribution in [3.63, 3.8) is 0 Å². The average molecular weight is 491 g/mol. The third-order valence-electron chi connectivity index (χ3n) is 6.17. The maximum Gasteiger partial charge on any atom is 0.303 e. The molecule has 0 bridgehead atoms. The van der Waals surface area contributed by atoms with Gasteiger partial charge in [-0.15, -0.1) is 0 Å². The Kier molecular flexibility index (Phi) is 8.97. The van der Waals surface area contributed by atoms with Crippen molar-refractivity contribution in [1.82, 2.24) is 4.98 Å². The fourth-order valence-corrected chi connectivity index (χ4v) is 4.38. The lowest BCUT2D eigenvalue weighted by molar-refractivity contribution is -0.137. The standard InChI is InChI=1S/C32H30N2O3/c35-31(22-30(24-11-3-1-4-12-24)25-13-5-2-6-14-25)34-28-17-9-15-26(21-28)29(18-7-8-19-32(36)37)27-16-10-20-33-23-27/h1-6,9-18,20-21,23,30H,7-8,19,22H2,(H,34,35)(H,36,37)/b29-18-. The molecule has 3 aromatic carbocycles. The Hall–Kier alpha value is -4.51. The van der Waals surface area contributed by atoms with E-state index in [-0.39, 0.29) is 18.2 Å². The van der Waals surface area contributed by atoms with Gasteiger partial charge >= 0.3 is 5.97 Å². The average Bonchev–Trinajstić information content (AvgIpc) is 2.93. The molecule has 0 saturated heterocycles. The Morgan fingerprint density at radius 3 is 2.14 bits per heavy atom. The number of aliphatic carboxylic acids is 1. The van der Waals surface area contributed by atoms with Gasteiger partial charge in [-0.3, -0.25) is 14.6 Å². The van der Waals surface area contributed by atoms with Crippen LogP contribution in [0.25, 0.3) is 5.57 Å². The van der Waals surface area contributed by atoms with Crippen molar-refractivity contribution in [2.45, 2.75) is 31.6 Å². The van der Waals surface area contributed by atoms with E-state index in [0.717, 1.165) is 27.8 Å². The summed E-state index contributed by atoms with van der Waals surface area (Å²) >= 11 is 0. The van der Waals surface area contributed by atoms with E-state index in [4.69, 9.17) is 5.11 Å². The monoisotopic (exact) mass is 490 g/mol. The van der Waals surface area contributed by atoms with E-state index in [1.165, 1.54) is 0 Å². The molecule has 2 N–H and O–H groups in total. The number of pyridine rings is 1. The van der Waals surface area contributed by atoms with Gasteiger partial charge in [-0.1, -0.05) is 84.9 Å². The van der Waals surface area contributed by atoms with Gasteiger partial charge in [-0.25, -0.2) is 0 Å². The van der Waals surface area contributed by atoms with Crippen LogP contribution in [0.3, 0.4) is 0 Å². The molecule has 0 aliphatic carbocycles. The highest BCUT2D eigenvalue weighted by atomic mass is 16.4. The first-order valence-corrected chi connectivity index (χ1v) is 12.4. The molecule has 0 saturated carbocycles. The predicted octanol–water partition coefficient (Wildman–Crippen LogP) is 6.93. The lowest BCUT2D eigenvalue weighted by Gasteiger charge is -2.18. The first-order chi connectivity index (χ1) is 18.1. The van der Waals surface area contributed by atoms with Crippen LogP contribution in [-0.2, 0) is 9.59 Å². The van der Waals surface area contributed by atoms with E-state index >= 15 is 0 Å². The van der Waals surface area contributed by atoms with Crippen molar-refractivity contribution in [3.05, 3.63) is 138 Å². The minimum absolute atomic E-state index is 0.0503. The van der Waals surface area contributed by atoms with Crippen molar-refractivity contribution in [2.75, 3.05) is 5.32 Å². The van der Waals surface area contributed by atoms with Crippen LogP contribution >= 0.6 is 0 Å². The minimum atomic E-state index is -0.801. The molecule has 5 nitrogen and oxygen atoms in total. The highest BCUT2D eigenvalue weighted by Crippen LogP contribution is 2.29. The number of hydrogen-bond donors (Lipinski definition) is 2. The summed E-state index contributed by atoms with van der Waals surface area (Å²) in [6.07, 6.45) is 7.17. The van der Waals surface area contributed by atoms with Crippen LogP contribution in [0.2, 0.25) is 0 Å². The van der Waals surface area contributed by atoms with Crippen molar-refractivity contribution >= 4 is 23.1 Å². The second kappa shape index (κ2) is 13.0. The molecule has 186 valence electrons. The van der Waals surface area contributed by atoms with Gasteiger partial charge in [0.2, 0.25) is 5.91 Å². The second-order valence-electron chi connectivity index (χ2n) is 8.85. The molecule has 0 fully saturated rings. The zero-order chi connectivity index (χ0) is 25.9. The fourth-order valence-electron chi connectivity index (χ4n) is 4.38. The number of rotatable bonds is 11. The summed E-state index contributed by atoms with van der Waals surface area (Å²) in [5.41, 5.74) is 5.74. The van der Waals surface area contributed by atoms with Crippen molar-refractivity contribution < 1.29 is 14.7 Å². The highest BCUT2D eigenvalue weighted by Gasteiger charge is 2.18. The largest absolute Gasteiger partial charge is 0.481 e. The number of carboxylic acids is 1. The highest BCUT2D eigenvalue weighted by molar-refractivity contribution is 5.92. The van der Waals surface area contributed by atoms with Crippen molar-refractivity contribution in [1.29, 1.82) is 0 Å². The van der Waals surface area contributed by atoms with Gasteiger partial charge in [0.05, 0.1) is 0 Å². The van der Waals surface area contributed by atoms with E-state index in [1.54, 1.807) is 12.4 Å². The Morgan fingerprint density at radius 1 is 0.838 bits per heavy atom. The van der Waals surface area contributed by atoms with Crippen molar-refractivity contribution in [2.24, 2.45) is 0 Å². The summed E-state index contributed by atoms with van der Waals surface area (Å²) in [6.45, 7) is 0. The molecule has 0 unspecified atom stereocenters. The number of anilines is 1. The van der Waals surface area contributed by atoms with Crippen LogP contribution in [0.15, 0.2) is 116 Å². The number of amides is 1. The SMILES string of the molecule is O=C(O)CCC/C=C(\c1cccnc1)c1cccc(NC(=O)CC(c2ccccc2)c2ccccc2)c1. The quantitative estimate of drug-likeness (QED) is 0.224. The number of unbranched alkanes of at least 4 members (excludes halogenated alkanes) is 1. The maximum absolute atomic E-state index is 13.2. The molecule has 0 aliphatic rings. The number of allylic oxidation sites excluding steroid dienone is 1. The number of carbonyl (C=O) groups is 2. The van der Waals surface area contributed by atoms with E-state index in [1.807, 2.05) is 78.9 Å². The summed E-state index contributed by atoms with van der Waals surface area (Å²) in [6, 6.07) is 31.8. The van der Waals surface area contributed by atoms with E-state index in [0.29, 0.717) is 24.9 Å². The van der Waals surface area contributed by atoms with Crippen LogP contribution in [0.5, 0.6) is 0 Å². The number of carbonyl (C=O) groups excluding carboxylic acids is 1. The van der Waals surface area contributed by atoms with Crippen LogP contribution < -0.4 is 5.32 Å². The fraction of sp³-hybridized carbons (Fsp3) is 0.156. The third kappa shape index (κ3) is 7.48. The lowest BCUT2D eigenvalue weighted by Crippen LogP contribution is -2.16. The number of nitrogens with zero attached hydrogens (tertiary/aromatic N) is 1. The summed E-state index contributed by atoms with van der Waals surface area (Å²) < 4.78 is 0. The molecule has 0 aliphatic heterocycles. The van der Waals surface area contributed by atoms with Crippen LogP contribution in [0.4, 0.5) is 5.69 Å². The third-order valence-corrected chi connectivity index (χ3v) is 6.17. The van der Waals surface area contributed by atoms with E-state index < -0.39 is 5.97 Å². The van der Waals surface area contributed by atoms with Gasteiger partial charge in [-0.2, -0.15) is 0 Å². The number of hydrogen-bond acceptors (Lipinski definition) is 3. The van der Waals surface area contributed by atoms with Crippen LogP contribution in [-0.4, -0.2) is 22.0 Å².